The quantitative estimate of drug-likeness (QED) is 0.587. The molecule has 0 aromatic carbocycles. The van der Waals surface area contributed by atoms with Gasteiger partial charge in [-0.1, -0.05) is 48.6 Å². The van der Waals surface area contributed by atoms with Gasteiger partial charge in [-0.3, -0.25) is 4.90 Å². The Balaban J connectivity index is 1.91. The van der Waals surface area contributed by atoms with Gasteiger partial charge in [-0.15, -0.1) is 0 Å². The fourth-order valence-corrected chi connectivity index (χ4v) is 3.22. The number of allylic oxidation sites excluding steroid dienone is 2. The number of hydrogen-bond donors (Lipinski definition) is 0. The van der Waals surface area contributed by atoms with Crippen molar-refractivity contribution in [2.24, 2.45) is 11.8 Å². The molecular weight excluding hydrogens is 182 g/mol. The summed E-state index contributed by atoms with van der Waals surface area (Å²) in [6.07, 6.45) is 10.1. The van der Waals surface area contributed by atoms with Gasteiger partial charge in [0, 0.05) is 24.4 Å². The van der Waals surface area contributed by atoms with Gasteiger partial charge in [0.2, 0.25) is 0 Å². The molecule has 4 aliphatic rings. The van der Waals surface area contributed by atoms with Crippen LogP contribution in [0.3, 0.4) is 0 Å². The van der Waals surface area contributed by atoms with E-state index in [-0.39, 0.29) is 0 Å². The van der Waals surface area contributed by atoms with E-state index in [0.29, 0.717) is 17.9 Å². The van der Waals surface area contributed by atoms with Crippen molar-refractivity contribution < 1.29 is 0 Å². The highest BCUT2D eigenvalue weighted by molar-refractivity contribution is 5.35. The van der Waals surface area contributed by atoms with Crippen LogP contribution >= 0.6 is 0 Å². The molecule has 0 amide bonds. The molecule has 1 heteroatoms. The Morgan fingerprint density at radius 2 is 1.93 bits per heavy atom. The molecule has 0 N–H and O–H groups in total. The summed E-state index contributed by atoms with van der Waals surface area (Å²) < 4.78 is 0. The Kier molecular flexibility index (Phi) is 1.96. The molecule has 4 rings (SSSR count). The first-order valence-electron chi connectivity index (χ1n) is 5.73. The minimum atomic E-state index is 0.532. The number of piperidine rings is 3. The highest BCUT2D eigenvalue weighted by Gasteiger charge is 2.41. The molecule has 3 atom stereocenters. The van der Waals surface area contributed by atoms with Crippen LogP contribution in [0.1, 0.15) is 6.42 Å². The number of nitrogens with zero attached hydrogens (tertiary/aromatic N) is 1. The zero-order chi connectivity index (χ0) is 10.4. The van der Waals surface area contributed by atoms with Crippen LogP contribution in [-0.4, -0.2) is 24.0 Å². The lowest BCUT2D eigenvalue weighted by Gasteiger charge is -2.50. The third-order valence-corrected chi connectivity index (χ3v) is 3.97. The monoisotopic (exact) mass is 199 g/mol. The zero-order valence-electron chi connectivity index (χ0n) is 9.02. The molecule has 0 radical (unpaired) electrons. The van der Waals surface area contributed by atoms with E-state index in [1.807, 2.05) is 0 Å². The molecule has 3 fully saturated rings. The van der Waals surface area contributed by atoms with Crippen LogP contribution in [0.15, 0.2) is 48.6 Å². The molecule has 3 saturated heterocycles. The van der Waals surface area contributed by atoms with Crippen LogP contribution in [0.4, 0.5) is 0 Å². The van der Waals surface area contributed by atoms with Crippen molar-refractivity contribution in [1.82, 2.24) is 4.90 Å². The summed E-state index contributed by atoms with van der Waals surface area (Å²) in [5.41, 5.74) is 2.76. The summed E-state index contributed by atoms with van der Waals surface area (Å²) in [6, 6.07) is 0.532. The molecule has 2 bridgehead atoms. The van der Waals surface area contributed by atoms with Gasteiger partial charge in [0.25, 0.3) is 0 Å². The van der Waals surface area contributed by atoms with E-state index in [1.54, 1.807) is 0 Å². The normalized spacial score (nSPS) is 39.3. The largest absolute Gasteiger partial charge is 0.292 e. The Morgan fingerprint density at radius 3 is 2.53 bits per heavy atom. The lowest BCUT2D eigenvalue weighted by Crippen LogP contribution is -2.53. The van der Waals surface area contributed by atoms with Crippen molar-refractivity contribution in [1.29, 1.82) is 0 Å². The van der Waals surface area contributed by atoms with Crippen LogP contribution in [0.5, 0.6) is 0 Å². The van der Waals surface area contributed by atoms with Crippen LogP contribution in [0.25, 0.3) is 0 Å². The smallest absolute Gasteiger partial charge is 0.0411 e. The number of rotatable bonds is 1. The van der Waals surface area contributed by atoms with Gasteiger partial charge in [0.15, 0.2) is 0 Å². The molecular formula is C14H17N. The molecule has 0 aromatic rings. The molecule has 0 aromatic heterocycles. The second-order valence-corrected chi connectivity index (χ2v) is 4.84. The van der Waals surface area contributed by atoms with E-state index in [4.69, 9.17) is 0 Å². The summed E-state index contributed by atoms with van der Waals surface area (Å²) in [4.78, 5) is 2.54. The average molecular weight is 199 g/mol. The second-order valence-electron chi connectivity index (χ2n) is 4.84. The maximum Gasteiger partial charge on any atom is 0.0411 e. The van der Waals surface area contributed by atoms with E-state index in [2.05, 4.69) is 42.4 Å². The summed E-state index contributed by atoms with van der Waals surface area (Å²) >= 11 is 0. The molecule has 1 aliphatic carbocycles. The first-order valence-corrected chi connectivity index (χ1v) is 5.73. The fourth-order valence-electron chi connectivity index (χ4n) is 3.22. The van der Waals surface area contributed by atoms with Crippen molar-refractivity contribution >= 4 is 0 Å². The Hall–Kier alpha value is -1.08. The van der Waals surface area contributed by atoms with Gasteiger partial charge < -0.3 is 0 Å². The summed E-state index contributed by atoms with van der Waals surface area (Å²) in [6.45, 7) is 10.8. The van der Waals surface area contributed by atoms with Gasteiger partial charge in [0.05, 0.1) is 0 Å². The van der Waals surface area contributed by atoms with E-state index in [0.717, 1.165) is 6.54 Å². The van der Waals surface area contributed by atoms with Crippen molar-refractivity contribution in [3.05, 3.63) is 48.6 Å². The van der Waals surface area contributed by atoms with Crippen molar-refractivity contribution in [2.45, 2.75) is 12.5 Å². The summed E-state index contributed by atoms with van der Waals surface area (Å²) in [5, 5.41) is 0. The average Bonchev–Trinajstić information content (AvgIpc) is 2.71. The summed E-state index contributed by atoms with van der Waals surface area (Å²) in [5.74, 6) is 1.13. The zero-order valence-corrected chi connectivity index (χ0v) is 9.02. The third-order valence-electron chi connectivity index (χ3n) is 3.97. The van der Waals surface area contributed by atoms with Crippen molar-refractivity contribution in [3.63, 3.8) is 0 Å². The van der Waals surface area contributed by atoms with Crippen LogP contribution in [0, 0.1) is 11.8 Å². The molecule has 3 aliphatic heterocycles. The maximum atomic E-state index is 4.30. The third kappa shape index (κ3) is 1.26. The van der Waals surface area contributed by atoms with Gasteiger partial charge in [0.1, 0.15) is 0 Å². The minimum Gasteiger partial charge on any atom is -0.292 e. The van der Waals surface area contributed by atoms with Gasteiger partial charge >= 0.3 is 0 Å². The fraction of sp³-hybridized carbons (Fsp3) is 0.429. The maximum absolute atomic E-state index is 4.30. The highest BCUT2D eigenvalue weighted by Crippen LogP contribution is 2.42. The van der Waals surface area contributed by atoms with E-state index in [9.17, 15) is 0 Å². The van der Waals surface area contributed by atoms with E-state index < -0.39 is 0 Å². The predicted octanol–water partition coefficient (Wildman–Crippen LogP) is 2.55. The molecule has 0 spiro atoms. The highest BCUT2D eigenvalue weighted by atomic mass is 15.2. The Morgan fingerprint density at radius 1 is 1.20 bits per heavy atom. The van der Waals surface area contributed by atoms with Crippen molar-refractivity contribution in [2.75, 3.05) is 13.1 Å². The van der Waals surface area contributed by atoms with Crippen LogP contribution in [-0.2, 0) is 0 Å². The number of hydrogen-bond acceptors (Lipinski definition) is 1. The van der Waals surface area contributed by atoms with Crippen LogP contribution < -0.4 is 0 Å². The predicted molar refractivity (Wildman–Crippen MR) is 63.5 cm³/mol. The van der Waals surface area contributed by atoms with Crippen molar-refractivity contribution in [3.8, 4) is 0 Å². The standard InChI is InChI=1S/C14H17N/c1-10-9-15-8-7-13(10)11(2)14(15)12-5-3-4-6-12/h3-6,12-14H,1-2,7-9H2. The minimum absolute atomic E-state index is 0.532. The van der Waals surface area contributed by atoms with Gasteiger partial charge in [-0.2, -0.15) is 0 Å². The molecule has 3 heterocycles. The van der Waals surface area contributed by atoms with E-state index >= 15 is 0 Å². The number of fused-ring (bicyclic) bond motifs is 3. The van der Waals surface area contributed by atoms with Gasteiger partial charge in [-0.05, 0) is 13.0 Å². The first-order chi connectivity index (χ1) is 7.27. The summed E-state index contributed by atoms with van der Waals surface area (Å²) in [7, 11) is 0. The lowest BCUT2D eigenvalue weighted by molar-refractivity contribution is 0.131. The topological polar surface area (TPSA) is 3.24 Å². The SMILES string of the molecule is C=C1CN2CCC1C(=C)C2C1C=CC=C1. The molecule has 0 saturated carbocycles. The lowest BCUT2D eigenvalue weighted by atomic mass is 9.73. The van der Waals surface area contributed by atoms with Crippen LogP contribution in [0.2, 0.25) is 0 Å². The van der Waals surface area contributed by atoms with Gasteiger partial charge in [-0.25, -0.2) is 0 Å². The molecule has 1 nitrogen and oxygen atoms in total. The molecule has 3 unspecified atom stereocenters. The molecule has 78 valence electrons. The Labute approximate surface area is 91.5 Å². The first kappa shape index (κ1) is 9.17. The molecule has 15 heavy (non-hydrogen) atoms. The second kappa shape index (κ2) is 3.21. The Bertz CT molecular complexity index is 363. The van der Waals surface area contributed by atoms with E-state index in [1.165, 1.54) is 24.1 Å².